The van der Waals surface area contributed by atoms with Crippen LogP contribution in [-0.2, 0) is 17.9 Å². The first kappa shape index (κ1) is 21.0. The number of nitrogens with zero attached hydrogens (tertiary/aromatic N) is 1. The molecule has 2 heterocycles. The minimum Gasteiger partial charge on any atom is -0.445 e. The molecule has 0 aliphatic rings. The Labute approximate surface area is 181 Å². The van der Waals surface area contributed by atoms with E-state index in [1.54, 1.807) is 48.8 Å². The van der Waals surface area contributed by atoms with Crippen molar-refractivity contribution in [2.45, 2.75) is 13.2 Å². The van der Waals surface area contributed by atoms with Gasteiger partial charge < -0.3 is 20.4 Å². The Hall–Kier alpha value is -4.27. The first-order valence-electron chi connectivity index (χ1n) is 9.65. The second-order valence-corrected chi connectivity index (χ2v) is 6.96. The number of carbonyl (C=O) groups is 2. The van der Waals surface area contributed by atoms with Gasteiger partial charge in [-0.2, -0.15) is 0 Å². The number of aromatic amines is 1. The second kappa shape index (κ2) is 9.25. The molecular weight excluding hydrogens is 418 g/mol. The molecule has 0 atom stereocenters. The third-order valence-electron chi connectivity index (χ3n) is 4.72. The van der Waals surface area contributed by atoms with Crippen molar-refractivity contribution in [3.8, 4) is 0 Å². The lowest BCUT2D eigenvalue weighted by Gasteiger charge is -2.08. The molecule has 32 heavy (non-hydrogen) atoms. The molecule has 0 saturated heterocycles. The fraction of sp³-hybridized carbons (Fsp3) is 0.0870. The summed E-state index contributed by atoms with van der Waals surface area (Å²) in [5, 5.41) is 5.67. The summed E-state index contributed by atoms with van der Waals surface area (Å²) in [6, 6.07) is 12.2. The van der Waals surface area contributed by atoms with E-state index in [0.717, 1.165) is 23.3 Å². The molecule has 0 unspecified atom stereocenters. The number of nitrogens with one attached hydrogen (secondary N) is 3. The van der Waals surface area contributed by atoms with E-state index < -0.39 is 23.6 Å². The van der Waals surface area contributed by atoms with Crippen LogP contribution in [0.25, 0.3) is 10.9 Å². The van der Waals surface area contributed by atoms with E-state index in [0.29, 0.717) is 22.2 Å². The quantitative estimate of drug-likeness (QED) is 0.414. The number of hydrogen-bond acceptors (Lipinski definition) is 4. The summed E-state index contributed by atoms with van der Waals surface area (Å²) in [5.41, 5.74) is 2.62. The number of ether oxygens (including phenoxy) is 1. The standard InChI is InChI=1S/C23H18F2N4O3/c24-18-8-17-20(9-19(18)25)27-12-21(17)29-22(30)16-5-3-14(4-6-16)11-28-23(31)32-13-15-2-1-7-26-10-15/h1-10,12,27H,11,13H2,(H,28,31)(H,29,30). The summed E-state index contributed by atoms with van der Waals surface area (Å²) in [6.07, 6.45) is 4.15. The fourth-order valence-electron chi connectivity index (χ4n) is 3.05. The van der Waals surface area contributed by atoms with Crippen molar-refractivity contribution in [2.24, 2.45) is 0 Å². The smallest absolute Gasteiger partial charge is 0.407 e. The maximum Gasteiger partial charge on any atom is 0.407 e. The van der Waals surface area contributed by atoms with Crippen LogP contribution in [0.1, 0.15) is 21.5 Å². The summed E-state index contributed by atoms with van der Waals surface area (Å²) >= 11 is 0. The van der Waals surface area contributed by atoms with E-state index in [1.807, 2.05) is 0 Å². The average Bonchev–Trinajstić information content (AvgIpc) is 3.18. The number of halogens is 2. The van der Waals surface area contributed by atoms with Gasteiger partial charge in [-0.1, -0.05) is 18.2 Å². The third kappa shape index (κ3) is 4.89. The molecule has 2 aromatic heterocycles. The Morgan fingerprint density at radius 1 is 1.03 bits per heavy atom. The molecule has 0 fully saturated rings. The lowest BCUT2D eigenvalue weighted by Crippen LogP contribution is -2.23. The van der Waals surface area contributed by atoms with Crippen LogP contribution >= 0.6 is 0 Å². The molecule has 2 amide bonds. The van der Waals surface area contributed by atoms with Crippen molar-refractivity contribution in [1.29, 1.82) is 0 Å². The number of fused-ring (bicyclic) bond motifs is 1. The van der Waals surface area contributed by atoms with Crippen LogP contribution in [0.15, 0.2) is 67.1 Å². The molecule has 7 nitrogen and oxygen atoms in total. The van der Waals surface area contributed by atoms with E-state index in [9.17, 15) is 18.4 Å². The Balaban J connectivity index is 1.32. The van der Waals surface area contributed by atoms with Crippen LogP contribution in [0, 0.1) is 11.6 Å². The molecule has 4 rings (SSSR count). The molecule has 0 spiro atoms. The van der Waals surface area contributed by atoms with Gasteiger partial charge in [0.2, 0.25) is 0 Å². The molecule has 162 valence electrons. The number of alkyl carbamates (subject to hydrolysis) is 1. The largest absolute Gasteiger partial charge is 0.445 e. The Bertz CT molecular complexity index is 1260. The number of carbonyl (C=O) groups excluding carboxylic acids is 2. The van der Waals surface area contributed by atoms with Gasteiger partial charge in [0.25, 0.3) is 5.91 Å². The van der Waals surface area contributed by atoms with Crippen LogP contribution in [0.5, 0.6) is 0 Å². The highest BCUT2D eigenvalue weighted by molar-refractivity contribution is 6.09. The number of benzene rings is 2. The summed E-state index contributed by atoms with van der Waals surface area (Å²) in [4.78, 5) is 31.1. The van der Waals surface area contributed by atoms with Crippen LogP contribution in [0.4, 0.5) is 19.3 Å². The zero-order valence-electron chi connectivity index (χ0n) is 16.7. The number of pyridine rings is 1. The van der Waals surface area contributed by atoms with Gasteiger partial charge in [-0.25, -0.2) is 13.6 Å². The Morgan fingerprint density at radius 3 is 2.56 bits per heavy atom. The zero-order chi connectivity index (χ0) is 22.5. The third-order valence-corrected chi connectivity index (χ3v) is 4.72. The van der Waals surface area contributed by atoms with Gasteiger partial charge in [-0.05, 0) is 29.8 Å². The summed E-state index contributed by atoms with van der Waals surface area (Å²) < 4.78 is 32.0. The van der Waals surface area contributed by atoms with E-state index in [-0.39, 0.29) is 13.2 Å². The monoisotopic (exact) mass is 436 g/mol. The van der Waals surface area contributed by atoms with Gasteiger partial charge in [0.15, 0.2) is 11.6 Å². The maximum atomic E-state index is 13.5. The van der Waals surface area contributed by atoms with Crippen molar-refractivity contribution in [1.82, 2.24) is 15.3 Å². The van der Waals surface area contributed by atoms with E-state index in [4.69, 9.17) is 4.74 Å². The molecule has 4 aromatic rings. The van der Waals surface area contributed by atoms with Gasteiger partial charge >= 0.3 is 6.09 Å². The molecule has 0 aliphatic carbocycles. The van der Waals surface area contributed by atoms with E-state index in [1.165, 1.54) is 6.20 Å². The van der Waals surface area contributed by atoms with Gasteiger partial charge in [0.05, 0.1) is 11.2 Å². The minimum absolute atomic E-state index is 0.114. The summed E-state index contributed by atoms with van der Waals surface area (Å²) in [6.45, 7) is 0.338. The molecule has 0 bridgehead atoms. The highest BCUT2D eigenvalue weighted by Gasteiger charge is 2.13. The highest BCUT2D eigenvalue weighted by Crippen LogP contribution is 2.26. The van der Waals surface area contributed by atoms with Gasteiger partial charge in [-0.3, -0.25) is 9.78 Å². The number of rotatable bonds is 6. The predicted octanol–water partition coefficient (Wildman–Crippen LogP) is 4.52. The van der Waals surface area contributed by atoms with E-state index in [2.05, 4.69) is 20.6 Å². The van der Waals surface area contributed by atoms with Crippen LogP contribution < -0.4 is 10.6 Å². The van der Waals surface area contributed by atoms with Crippen LogP contribution in [0.3, 0.4) is 0 Å². The summed E-state index contributed by atoms with van der Waals surface area (Å²) in [5.74, 6) is -2.38. The highest BCUT2D eigenvalue weighted by atomic mass is 19.2. The van der Waals surface area contributed by atoms with Crippen molar-refractivity contribution >= 4 is 28.6 Å². The van der Waals surface area contributed by atoms with Gasteiger partial charge in [-0.15, -0.1) is 0 Å². The number of aromatic nitrogens is 2. The molecule has 0 radical (unpaired) electrons. The number of amides is 2. The molecule has 2 aromatic carbocycles. The zero-order valence-corrected chi connectivity index (χ0v) is 16.7. The van der Waals surface area contributed by atoms with Crippen molar-refractivity contribution in [3.63, 3.8) is 0 Å². The molecular formula is C23H18F2N4O3. The van der Waals surface area contributed by atoms with Crippen molar-refractivity contribution in [3.05, 3.63) is 95.4 Å². The molecule has 0 aliphatic heterocycles. The Morgan fingerprint density at radius 2 is 1.81 bits per heavy atom. The normalized spacial score (nSPS) is 10.7. The molecule has 0 saturated carbocycles. The lowest BCUT2D eigenvalue weighted by molar-refractivity contribution is 0.102. The molecule has 3 N–H and O–H groups in total. The lowest BCUT2D eigenvalue weighted by atomic mass is 10.1. The van der Waals surface area contributed by atoms with Gasteiger partial charge in [0, 0.05) is 47.7 Å². The first-order chi connectivity index (χ1) is 15.5. The number of hydrogen-bond donors (Lipinski definition) is 3. The maximum absolute atomic E-state index is 13.5. The van der Waals surface area contributed by atoms with E-state index >= 15 is 0 Å². The Kier molecular flexibility index (Phi) is 6.07. The fourth-order valence-corrected chi connectivity index (χ4v) is 3.05. The first-order valence-corrected chi connectivity index (χ1v) is 9.65. The summed E-state index contributed by atoms with van der Waals surface area (Å²) in [7, 11) is 0. The average molecular weight is 436 g/mol. The van der Waals surface area contributed by atoms with Crippen LogP contribution in [-0.4, -0.2) is 22.0 Å². The minimum atomic E-state index is -0.997. The van der Waals surface area contributed by atoms with Gasteiger partial charge in [0.1, 0.15) is 6.61 Å². The topological polar surface area (TPSA) is 96.1 Å². The SMILES string of the molecule is O=C(NCc1ccc(C(=O)Nc2c[nH]c3cc(F)c(F)cc23)cc1)OCc1cccnc1. The van der Waals surface area contributed by atoms with Crippen LogP contribution in [0.2, 0.25) is 0 Å². The number of anilines is 1. The van der Waals surface area contributed by atoms with Crippen molar-refractivity contribution in [2.75, 3.05) is 5.32 Å². The number of H-pyrrole nitrogens is 1. The molecule has 9 heteroatoms. The predicted molar refractivity (Wildman–Crippen MR) is 114 cm³/mol. The van der Waals surface area contributed by atoms with Crippen molar-refractivity contribution < 1.29 is 23.1 Å². The second-order valence-electron chi connectivity index (χ2n) is 6.96.